The molecule has 0 spiro atoms. The first kappa shape index (κ1) is 34.5. The highest BCUT2D eigenvalue weighted by molar-refractivity contribution is 6.17. The van der Waals surface area contributed by atoms with E-state index in [0.29, 0.717) is 0 Å². The number of furan rings is 1. The molecule has 284 valence electrons. The number of amidine groups is 2. The van der Waals surface area contributed by atoms with Gasteiger partial charge in [-0.1, -0.05) is 166 Å². The van der Waals surface area contributed by atoms with Crippen LogP contribution in [0.2, 0.25) is 0 Å². The topological polar surface area (TPSA) is 49.9 Å². The van der Waals surface area contributed by atoms with Crippen molar-refractivity contribution in [1.82, 2.24) is 5.32 Å². The molecule has 1 aliphatic heterocycles. The van der Waals surface area contributed by atoms with E-state index in [4.69, 9.17) is 14.4 Å². The molecule has 12 rings (SSSR count). The summed E-state index contributed by atoms with van der Waals surface area (Å²) in [5, 5.41) is 10.7. The molecular weight excluding hydrogens is 731 g/mol. The second-order valence-electron chi connectivity index (χ2n) is 16.6. The van der Waals surface area contributed by atoms with Gasteiger partial charge in [0.15, 0.2) is 6.17 Å². The monoisotopic (exact) mass is 769 g/mol. The molecule has 1 atom stereocenters. The normalized spacial score (nSPS) is 15.5. The van der Waals surface area contributed by atoms with E-state index in [2.05, 4.69) is 201 Å². The third-order valence-electron chi connectivity index (χ3n) is 12.7. The van der Waals surface area contributed by atoms with Crippen molar-refractivity contribution in [3.63, 3.8) is 0 Å². The van der Waals surface area contributed by atoms with Crippen molar-refractivity contribution in [1.29, 1.82) is 0 Å². The molecule has 0 saturated carbocycles. The third-order valence-corrected chi connectivity index (χ3v) is 12.7. The zero-order chi connectivity index (χ0) is 40.0. The van der Waals surface area contributed by atoms with E-state index in [1.54, 1.807) is 0 Å². The van der Waals surface area contributed by atoms with Crippen LogP contribution in [-0.4, -0.2) is 11.7 Å². The standard InChI is InChI=1S/C56H39N3O/c1-56(2)48-24-11-10-22-43(48)47-31-36(27-29-49(47)56)35-17-12-18-39(30-35)54-57-53(34-14-4-3-5-15-34)58-55(59-54)45-23-13-25-50-52(45)44-28-26-38(33-51(44)60-50)46-32-37-16-6-7-19-40(37)41-20-8-9-21-42(41)46/h3-33,55H,1-2H3,(H,57,58,59). The Labute approximate surface area is 348 Å². The summed E-state index contributed by atoms with van der Waals surface area (Å²) >= 11 is 0. The molecule has 1 aromatic heterocycles. The Morgan fingerprint density at radius 3 is 1.98 bits per heavy atom. The summed E-state index contributed by atoms with van der Waals surface area (Å²) in [5.74, 6) is 1.56. The summed E-state index contributed by atoms with van der Waals surface area (Å²) in [7, 11) is 0. The molecule has 2 aliphatic rings. The summed E-state index contributed by atoms with van der Waals surface area (Å²) in [4.78, 5) is 10.7. The van der Waals surface area contributed by atoms with Crippen LogP contribution in [0, 0.1) is 0 Å². The highest BCUT2D eigenvalue weighted by atomic mass is 16.3. The second kappa shape index (κ2) is 13.2. The van der Waals surface area contributed by atoms with Crippen molar-refractivity contribution in [3.05, 3.63) is 216 Å². The van der Waals surface area contributed by atoms with E-state index >= 15 is 0 Å². The average molecular weight is 770 g/mol. The molecule has 0 fully saturated rings. The number of hydrogen-bond donors (Lipinski definition) is 1. The Morgan fingerprint density at radius 1 is 0.433 bits per heavy atom. The molecule has 1 aliphatic carbocycles. The highest BCUT2D eigenvalue weighted by Crippen LogP contribution is 2.49. The van der Waals surface area contributed by atoms with E-state index in [-0.39, 0.29) is 5.41 Å². The van der Waals surface area contributed by atoms with Crippen molar-refractivity contribution >= 4 is 55.2 Å². The Hall–Kier alpha value is -7.56. The maximum absolute atomic E-state index is 6.69. The summed E-state index contributed by atoms with van der Waals surface area (Å²) in [5.41, 5.74) is 14.6. The summed E-state index contributed by atoms with van der Waals surface area (Å²) in [6.07, 6.45) is -0.507. The van der Waals surface area contributed by atoms with Crippen LogP contribution in [0.5, 0.6) is 0 Å². The number of rotatable bonds is 5. The lowest BCUT2D eigenvalue weighted by atomic mass is 9.82. The van der Waals surface area contributed by atoms with Crippen molar-refractivity contribution in [2.24, 2.45) is 9.98 Å². The van der Waals surface area contributed by atoms with Gasteiger partial charge >= 0.3 is 0 Å². The first-order valence-corrected chi connectivity index (χ1v) is 20.7. The maximum Gasteiger partial charge on any atom is 0.170 e. The van der Waals surface area contributed by atoms with Gasteiger partial charge < -0.3 is 9.73 Å². The van der Waals surface area contributed by atoms with Gasteiger partial charge in [0.25, 0.3) is 0 Å². The first-order valence-electron chi connectivity index (χ1n) is 20.7. The minimum atomic E-state index is -0.507. The molecule has 0 saturated heterocycles. The van der Waals surface area contributed by atoms with Crippen LogP contribution in [-0.2, 0) is 5.41 Å². The Bertz CT molecular complexity index is 3440. The van der Waals surface area contributed by atoms with E-state index < -0.39 is 6.17 Å². The molecule has 4 nitrogen and oxygen atoms in total. The Kier molecular flexibility index (Phi) is 7.61. The molecule has 0 bridgehead atoms. The molecule has 10 aromatic rings. The largest absolute Gasteiger partial charge is 0.456 e. The minimum absolute atomic E-state index is 0.0349. The van der Waals surface area contributed by atoms with Crippen LogP contribution in [0.1, 0.15) is 47.8 Å². The Balaban J connectivity index is 0.971. The van der Waals surface area contributed by atoms with Crippen molar-refractivity contribution < 1.29 is 4.42 Å². The van der Waals surface area contributed by atoms with Gasteiger partial charge in [-0.15, -0.1) is 0 Å². The van der Waals surface area contributed by atoms with Crippen LogP contribution in [0.4, 0.5) is 0 Å². The fourth-order valence-electron chi connectivity index (χ4n) is 9.75. The zero-order valence-electron chi connectivity index (χ0n) is 33.3. The molecule has 0 amide bonds. The molecule has 1 N–H and O–H groups in total. The lowest BCUT2D eigenvalue weighted by Crippen LogP contribution is -2.36. The van der Waals surface area contributed by atoms with E-state index in [1.807, 2.05) is 6.07 Å². The van der Waals surface area contributed by atoms with Gasteiger partial charge in [0.05, 0.1) is 0 Å². The molecule has 60 heavy (non-hydrogen) atoms. The molecule has 9 aromatic carbocycles. The minimum Gasteiger partial charge on any atom is -0.456 e. The van der Waals surface area contributed by atoms with E-state index in [0.717, 1.165) is 61.4 Å². The number of fused-ring (bicyclic) bond motifs is 9. The molecule has 2 heterocycles. The van der Waals surface area contributed by atoms with Gasteiger partial charge in [-0.3, -0.25) is 0 Å². The van der Waals surface area contributed by atoms with Crippen LogP contribution < -0.4 is 5.32 Å². The number of nitrogens with one attached hydrogen (secondary N) is 1. The highest BCUT2D eigenvalue weighted by Gasteiger charge is 2.35. The predicted octanol–water partition coefficient (Wildman–Crippen LogP) is 14.0. The lowest BCUT2D eigenvalue weighted by molar-refractivity contribution is 0.660. The smallest absolute Gasteiger partial charge is 0.170 e. The fourth-order valence-corrected chi connectivity index (χ4v) is 9.75. The van der Waals surface area contributed by atoms with E-state index in [9.17, 15) is 0 Å². The average Bonchev–Trinajstić information content (AvgIpc) is 3.80. The van der Waals surface area contributed by atoms with Crippen molar-refractivity contribution in [2.75, 3.05) is 0 Å². The summed E-state index contributed by atoms with van der Waals surface area (Å²) in [6.45, 7) is 4.65. The van der Waals surface area contributed by atoms with Gasteiger partial charge in [-0.05, 0) is 102 Å². The predicted molar refractivity (Wildman–Crippen MR) is 249 cm³/mol. The summed E-state index contributed by atoms with van der Waals surface area (Å²) in [6, 6.07) is 67.2. The van der Waals surface area contributed by atoms with Crippen LogP contribution in [0.25, 0.3) is 76.9 Å². The molecule has 0 radical (unpaired) electrons. The van der Waals surface area contributed by atoms with Gasteiger partial charge in [-0.2, -0.15) is 0 Å². The fraction of sp³-hybridized carbons (Fsp3) is 0.0714. The third kappa shape index (κ3) is 5.38. The van der Waals surface area contributed by atoms with Gasteiger partial charge in [0.2, 0.25) is 0 Å². The lowest BCUT2D eigenvalue weighted by Gasteiger charge is -2.23. The van der Waals surface area contributed by atoms with Gasteiger partial charge in [0.1, 0.15) is 22.8 Å². The SMILES string of the molecule is CC1(C)c2ccccc2-c2cc(-c3cccc(C4=NC(c5cccc6oc7cc(-c8cc9ccccc9c9ccccc89)ccc7c56)N=C(c5ccccc5)N4)c3)ccc21. The van der Waals surface area contributed by atoms with Gasteiger partial charge in [-0.25, -0.2) is 9.98 Å². The maximum atomic E-state index is 6.69. The van der Waals surface area contributed by atoms with Crippen molar-refractivity contribution in [3.8, 4) is 33.4 Å². The molecular formula is C56H39N3O. The number of nitrogens with zero attached hydrogens (tertiary/aromatic N) is 2. The van der Waals surface area contributed by atoms with Crippen molar-refractivity contribution in [2.45, 2.75) is 25.4 Å². The molecule has 1 unspecified atom stereocenters. The first-order chi connectivity index (χ1) is 29.5. The number of hydrogen-bond acceptors (Lipinski definition) is 4. The molecule has 4 heteroatoms. The van der Waals surface area contributed by atoms with Gasteiger partial charge in [0, 0.05) is 32.9 Å². The van der Waals surface area contributed by atoms with E-state index in [1.165, 1.54) is 54.9 Å². The Morgan fingerprint density at radius 2 is 1.10 bits per heavy atom. The van der Waals surface area contributed by atoms with Crippen LogP contribution in [0.15, 0.2) is 202 Å². The quantitative estimate of drug-likeness (QED) is 0.177. The van der Waals surface area contributed by atoms with Crippen LogP contribution >= 0.6 is 0 Å². The zero-order valence-corrected chi connectivity index (χ0v) is 33.3. The van der Waals surface area contributed by atoms with Crippen LogP contribution in [0.3, 0.4) is 0 Å². The second-order valence-corrected chi connectivity index (χ2v) is 16.6. The number of benzene rings is 9. The number of aliphatic imine (C=N–C) groups is 2. The summed E-state index contributed by atoms with van der Waals surface area (Å²) < 4.78 is 6.69.